The Balaban J connectivity index is 2.05. The summed E-state index contributed by atoms with van der Waals surface area (Å²) in [5, 5.41) is 20.4. The first-order valence-corrected chi connectivity index (χ1v) is 8.62. The van der Waals surface area contributed by atoms with Crippen molar-refractivity contribution in [1.29, 1.82) is 5.26 Å². The summed E-state index contributed by atoms with van der Waals surface area (Å²) >= 11 is 1.75. The van der Waals surface area contributed by atoms with Crippen molar-refractivity contribution in [1.82, 2.24) is 9.88 Å². The van der Waals surface area contributed by atoms with Crippen LogP contribution in [0.4, 0.5) is 0 Å². The fourth-order valence-electron chi connectivity index (χ4n) is 2.52. The first kappa shape index (κ1) is 17.6. The van der Waals surface area contributed by atoms with Crippen LogP contribution in [0.1, 0.15) is 52.7 Å². The molecule has 0 saturated carbocycles. The van der Waals surface area contributed by atoms with E-state index in [1.54, 1.807) is 23.5 Å². The molecule has 0 radical (unpaired) electrons. The SMILES string of the molecule is CCc1nc(C)c(C(C)N(C)CC(O)c2ccc(C#N)cc2)s1. The molecule has 1 aromatic carbocycles. The number of benzene rings is 1. The van der Waals surface area contributed by atoms with Crippen molar-refractivity contribution >= 4 is 11.3 Å². The molecule has 0 amide bonds. The molecule has 2 atom stereocenters. The largest absolute Gasteiger partial charge is 0.387 e. The lowest BCUT2D eigenvalue weighted by atomic mass is 10.1. The van der Waals surface area contributed by atoms with E-state index in [9.17, 15) is 5.11 Å². The second-order valence-corrected chi connectivity index (χ2v) is 6.89. The van der Waals surface area contributed by atoms with Crippen molar-refractivity contribution in [3.05, 3.63) is 51.0 Å². The van der Waals surface area contributed by atoms with Gasteiger partial charge in [-0.1, -0.05) is 19.1 Å². The van der Waals surface area contributed by atoms with Gasteiger partial charge in [-0.2, -0.15) is 5.26 Å². The van der Waals surface area contributed by atoms with Gasteiger partial charge in [-0.05, 0) is 45.0 Å². The number of aliphatic hydroxyl groups excluding tert-OH is 1. The van der Waals surface area contributed by atoms with Gasteiger partial charge in [0, 0.05) is 17.5 Å². The van der Waals surface area contributed by atoms with Crippen LogP contribution in [-0.4, -0.2) is 28.6 Å². The Kier molecular flexibility index (Phi) is 5.89. The molecule has 1 aromatic heterocycles. The third-order valence-corrected chi connectivity index (χ3v) is 5.58. The van der Waals surface area contributed by atoms with E-state index in [1.165, 1.54) is 4.88 Å². The normalized spacial score (nSPS) is 13.8. The number of hydrogen-bond donors (Lipinski definition) is 1. The summed E-state index contributed by atoms with van der Waals surface area (Å²) < 4.78 is 0. The second-order valence-electron chi connectivity index (χ2n) is 5.78. The summed E-state index contributed by atoms with van der Waals surface area (Å²) in [5.74, 6) is 0. The number of aryl methyl sites for hydroxylation is 2. The van der Waals surface area contributed by atoms with Crippen LogP contribution in [0.15, 0.2) is 24.3 Å². The van der Waals surface area contributed by atoms with Crippen molar-refractivity contribution in [2.24, 2.45) is 0 Å². The zero-order valence-corrected chi connectivity index (χ0v) is 14.9. The van der Waals surface area contributed by atoms with Gasteiger partial charge >= 0.3 is 0 Å². The molecule has 2 aromatic rings. The highest BCUT2D eigenvalue weighted by Crippen LogP contribution is 2.30. The van der Waals surface area contributed by atoms with E-state index in [0.717, 1.165) is 22.7 Å². The summed E-state index contributed by atoms with van der Waals surface area (Å²) in [6.45, 7) is 6.84. The smallest absolute Gasteiger partial charge is 0.0991 e. The Labute approximate surface area is 142 Å². The fourth-order valence-corrected chi connectivity index (χ4v) is 3.65. The summed E-state index contributed by atoms with van der Waals surface area (Å²) in [4.78, 5) is 7.99. The fraction of sp³-hybridized carbons (Fsp3) is 0.444. The van der Waals surface area contributed by atoms with Crippen LogP contribution in [-0.2, 0) is 6.42 Å². The number of thiazole rings is 1. The number of aliphatic hydroxyl groups is 1. The molecule has 1 heterocycles. The molecule has 1 N–H and O–H groups in total. The third-order valence-electron chi connectivity index (χ3n) is 4.11. The highest BCUT2D eigenvalue weighted by atomic mass is 32.1. The maximum atomic E-state index is 10.4. The molecule has 0 spiro atoms. The van der Waals surface area contributed by atoms with E-state index in [1.807, 2.05) is 26.1 Å². The van der Waals surface area contributed by atoms with E-state index in [4.69, 9.17) is 5.26 Å². The molecule has 2 unspecified atom stereocenters. The van der Waals surface area contributed by atoms with Crippen molar-refractivity contribution in [3.8, 4) is 6.07 Å². The van der Waals surface area contributed by atoms with Crippen LogP contribution in [0.5, 0.6) is 0 Å². The minimum absolute atomic E-state index is 0.209. The molecule has 0 aliphatic rings. The number of aromatic nitrogens is 1. The van der Waals surface area contributed by atoms with E-state index in [2.05, 4.69) is 29.8 Å². The summed E-state index contributed by atoms with van der Waals surface area (Å²) in [6, 6.07) is 9.41. The number of nitrogens with zero attached hydrogens (tertiary/aromatic N) is 3. The highest BCUT2D eigenvalue weighted by molar-refractivity contribution is 7.11. The lowest BCUT2D eigenvalue weighted by Crippen LogP contribution is -2.27. The minimum Gasteiger partial charge on any atom is -0.387 e. The molecule has 2 rings (SSSR count). The zero-order chi connectivity index (χ0) is 17.0. The predicted molar refractivity (Wildman–Crippen MR) is 93.4 cm³/mol. The zero-order valence-electron chi connectivity index (χ0n) is 14.1. The van der Waals surface area contributed by atoms with Gasteiger partial charge in [0.2, 0.25) is 0 Å². The Bertz CT molecular complexity index is 687. The molecule has 0 bridgehead atoms. The van der Waals surface area contributed by atoms with Crippen LogP contribution in [0.3, 0.4) is 0 Å². The number of hydrogen-bond acceptors (Lipinski definition) is 5. The standard InChI is InChI=1S/C18H23N3OS/c1-5-17-20-12(2)18(23-17)13(3)21(4)11-16(22)15-8-6-14(10-19)7-9-15/h6-9,13,16,22H,5,11H2,1-4H3. The van der Waals surface area contributed by atoms with Gasteiger partial charge in [0.15, 0.2) is 0 Å². The second kappa shape index (κ2) is 7.69. The van der Waals surface area contributed by atoms with Gasteiger partial charge in [0.05, 0.1) is 28.4 Å². The average molecular weight is 329 g/mol. The van der Waals surface area contributed by atoms with E-state index in [-0.39, 0.29) is 6.04 Å². The molecule has 23 heavy (non-hydrogen) atoms. The molecular formula is C18H23N3OS. The van der Waals surface area contributed by atoms with Gasteiger partial charge in [-0.3, -0.25) is 4.90 Å². The number of likely N-dealkylation sites (N-methyl/N-ethyl adjacent to an activating group) is 1. The van der Waals surface area contributed by atoms with Gasteiger partial charge < -0.3 is 5.11 Å². The number of nitriles is 1. The monoisotopic (exact) mass is 329 g/mol. The van der Waals surface area contributed by atoms with Crippen molar-refractivity contribution in [2.75, 3.05) is 13.6 Å². The van der Waals surface area contributed by atoms with Crippen LogP contribution in [0, 0.1) is 18.3 Å². The van der Waals surface area contributed by atoms with Crippen LogP contribution in [0.2, 0.25) is 0 Å². The van der Waals surface area contributed by atoms with Crippen molar-refractivity contribution in [2.45, 2.75) is 39.3 Å². The van der Waals surface area contributed by atoms with Crippen molar-refractivity contribution in [3.63, 3.8) is 0 Å². The molecule has 0 aliphatic heterocycles. The highest BCUT2D eigenvalue weighted by Gasteiger charge is 2.20. The minimum atomic E-state index is -0.575. The maximum absolute atomic E-state index is 10.4. The molecule has 4 nitrogen and oxygen atoms in total. The first-order chi connectivity index (χ1) is 11.0. The quantitative estimate of drug-likeness (QED) is 0.879. The molecule has 5 heteroatoms. The molecule has 0 saturated heterocycles. The molecule has 0 fully saturated rings. The van der Waals surface area contributed by atoms with Crippen LogP contribution in [0.25, 0.3) is 0 Å². The Morgan fingerprint density at radius 2 is 2.00 bits per heavy atom. The van der Waals surface area contributed by atoms with Gasteiger partial charge in [-0.25, -0.2) is 4.98 Å². The topological polar surface area (TPSA) is 60.1 Å². The lowest BCUT2D eigenvalue weighted by Gasteiger charge is -2.26. The Hall–Kier alpha value is -1.74. The lowest BCUT2D eigenvalue weighted by molar-refractivity contribution is 0.109. The van der Waals surface area contributed by atoms with Crippen molar-refractivity contribution < 1.29 is 5.11 Å². The third kappa shape index (κ3) is 4.17. The summed E-state index contributed by atoms with van der Waals surface area (Å²) in [6.07, 6.45) is 0.379. The van der Waals surface area contributed by atoms with Gasteiger partial charge in [-0.15, -0.1) is 11.3 Å². The average Bonchev–Trinajstić information content (AvgIpc) is 2.95. The van der Waals surface area contributed by atoms with E-state index < -0.39 is 6.10 Å². The van der Waals surface area contributed by atoms with E-state index >= 15 is 0 Å². The van der Waals surface area contributed by atoms with Gasteiger partial charge in [0.1, 0.15) is 0 Å². The van der Waals surface area contributed by atoms with Gasteiger partial charge in [0.25, 0.3) is 0 Å². The van der Waals surface area contributed by atoms with Crippen LogP contribution >= 0.6 is 11.3 Å². The first-order valence-electron chi connectivity index (χ1n) is 7.80. The van der Waals surface area contributed by atoms with E-state index in [0.29, 0.717) is 12.1 Å². The summed E-state index contributed by atoms with van der Waals surface area (Å²) in [7, 11) is 2.02. The number of rotatable bonds is 6. The maximum Gasteiger partial charge on any atom is 0.0991 e. The predicted octanol–water partition coefficient (Wildman–Crippen LogP) is 3.61. The molecule has 0 aliphatic carbocycles. The molecular weight excluding hydrogens is 306 g/mol. The van der Waals surface area contributed by atoms with Crippen LogP contribution < -0.4 is 0 Å². The summed E-state index contributed by atoms with van der Waals surface area (Å²) in [5.41, 5.74) is 2.52. The molecule has 122 valence electrons. The Morgan fingerprint density at radius 1 is 1.35 bits per heavy atom. The Morgan fingerprint density at radius 3 is 2.52 bits per heavy atom.